The zero-order valence-electron chi connectivity index (χ0n) is 22.4. The van der Waals surface area contributed by atoms with Crippen LogP contribution in [0.15, 0.2) is 60.7 Å². The molecule has 0 aliphatic carbocycles. The summed E-state index contributed by atoms with van der Waals surface area (Å²) in [5.41, 5.74) is 6.54. The van der Waals surface area contributed by atoms with Gasteiger partial charge in [-0.25, -0.2) is 0 Å². The van der Waals surface area contributed by atoms with Gasteiger partial charge in [0.1, 0.15) is 18.1 Å². The van der Waals surface area contributed by atoms with E-state index in [0.29, 0.717) is 38.5 Å². The highest BCUT2D eigenvalue weighted by Gasteiger charge is 2.25. The van der Waals surface area contributed by atoms with Gasteiger partial charge in [-0.15, -0.1) is 12.3 Å². The Hall–Kier alpha value is -4.16. The number of aldehydes is 1. The Morgan fingerprint density at radius 1 is 1.10 bits per heavy atom. The van der Waals surface area contributed by atoms with Crippen molar-refractivity contribution in [2.45, 2.75) is 38.8 Å². The first kappa shape index (κ1) is 27.9. The van der Waals surface area contributed by atoms with Crippen molar-refractivity contribution in [2.75, 3.05) is 26.4 Å². The summed E-state index contributed by atoms with van der Waals surface area (Å²) in [4.78, 5) is 13.9. The summed E-state index contributed by atoms with van der Waals surface area (Å²) >= 11 is 0. The highest BCUT2D eigenvalue weighted by Crippen LogP contribution is 2.32. The molecule has 5 heteroatoms. The molecule has 0 aromatic heterocycles. The number of carbonyl (C=O) groups excluding carboxylic acids is 1. The number of carbonyl (C=O) groups is 1. The Morgan fingerprint density at radius 2 is 1.95 bits per heavy atom. The van der Waals surface area contributed by atoms with Crippen LogP contribution in [0.4, 0.5) is 0 Å². The van der Waals surface area contributed by atoms with E-state index in [1.165, 1.54) is 0 Å². The molecule has 5 nitrogen and oxygen atoms in total. The summed E-state index contributed by atoms with van der Waals surface area (Å²) in [6, 6.07) is 22.1. The molecule has 0 spiro atoms. The Bertz CT molecular complexity index is 1380. The van der Waals surface area contributed by atoms with Gasteiger partial charge in [0.2, 0.25) is 0 Å². The molecule has 1 saturated heterocycles. The van der Waals surface area contributed by atoms with E-state index < -0.39 is 0 Å². The molecule has 1 heterocycles. The third kappa shape index (κ3) is 7.03. The van der Waals surface area contributed by atoms with E-state index in [1.54, 1.807) is 0 Å². The lowest BCUT2D eigenvalue weighted by Crippen LogP contribution is -2.45. The Kier molecular flexibility index (Phi) is 10.1. The summed E-state index contributed by atoms with van der Waals surface area (Å²) in [5, 5.41) is 10.1. The van der Waals surface area contributed by atoms with Gasteiger partial charge in [-0.3, -0.25) is 4.90 Å². The molecule has 4 rings (SSSR count). The number of aryl methyl sites for hydroxylation is 1. The van der Waals surface area contributed by atoms with Crippen molar-refractivity contribution < 1.29 is 14.3 Å². The molecular formula is C34H34N2O3. The molecule has 0 radical (unpaired) electrons. The summed E-state index contributed by atoms with van der Waals surface area (Å²) in [6.07, 6.45) is 12.9. The van der Waals surface area contributed by atoms with Crippen molar-refractivity contribution in [3.8, 4) is 35.3 Å². The highest BCUT2D eigenvalue weighted by molar-refractivity contribution is 5.81. The van der Waals surface area contributed by atoms with E-state index >= 15 is 0 Å². The van der Waals surface area contributed by atoms with Crippen LogP contribution < -0.4 is 4.74 Å². The standard InChI is InChI=1S/C34H34N2O3/c1-3-4-5-9-20-39-34-18-15-26(2)30(33(34)23-36-19-21-38-25-29(36)24-37)17-16-28-13-10-14-31(32(28)22-35)27-11-7-6-8-12-27/h1,6-8,10-18,24,29H,4-5,9,19-21,23,25H2,2H3/b17-16+. The first-order valence-electron chi connectivity index (χ1n) is 13.4. The van der Waals surface area contributed by atoms with E-state index in [0.717, 1.165) is 64.7 Å². The number of unbranched alkanes of at least 4 members (excludes halogenated alkanes) is 2. The first-order valence-corrected chi connectivity index (χ1v) is 13.4. The van der Waals surface area contributed by atoms with Crippen LogP contribution in [0.25, 0.3) is 23.3 Å². The lowest BCUT2D eigenvalue weighted by atomic mass is 9.94. The molecule has 0 saturated carbocycles. The molecule has 1 fully saturated rings. The summed E-state index contributed by atoms with van der Waals surface area (Å²) < 4.78 is 11.8. The fraction of sp³-hybridized carbons (Fsp3) is 0.294. The van der Waals surface area contributed by atoms with Crippen LogP contribution in [-0.4, -0.2) is 43.6 Å². The number of hydrogen-bond acceptors (Lipinski definition) is 5. The maximum absolute atomic E-state index is 11.8. The van der Waals surface area contributed by atoms with Gasteiger partial charge >= 0.3 is 0 Å². The second-order valence-electron chi connectivity index (χ2n) is 9.61. The summed E-state index contributed by atoms with van der Waals surface area (Å²) in [7, 11) is 0. The first-order chi connectivity index (χ1) is 19.2. The predicted octanol–water partition coefficient (Wildman–Crippen LogP) is 6.29. The van der Waals surface area contributed by atoms with Crippen molar-refractivity contribution in [2.24, 2.45) is 0 Å². The number of rotatable bonds is 11. The van der Waals surface area contributed by atoms with Gasteiger partial charge in [0.15, 0.2) is 0 Å². The van der Waals surface area contributed by atoms with E-state index in [-0.39, 0.29) is 6.04 Å². The molecule has 1 atom stereocenters. The molecule has 1 aliphatic heterocycles. The maximum atomic E-state index is 11.8. The van der Waals surface area contributed by atoms with E-state index in [1.807, 2.05) is 60.7 Å². The predicted molar refractivity (Wildman–Crippen MR) is 156 cm³/mol. The fourth-order valence-electron chi connectivity index (χ4n) is 4.85. The average Bonchev–Trinajstić information content (AvgIpc) is 2.98. The number of benzene rings is 3. The summed E-state index contributed by atoms with van der Waals surface area (Å²) in [5.74, 6) is 3.48. The molecule has 3 aromatic carbocycles. The molecule has 0 amide bonds. The molecule has 0 bridgehead atoms. The zero-order chi connectivity index (χ0) is 27.5. The highest BCUT2D eigenvalue weighted by atomic mass is 16.5. The van der Waals surface area contributed by atoms with Crippen LogP contribution >= 0.6 is 0 Å². The number of nitrogens with zero attached hydrogens (tertiary/aromatic N) is 2. The molecule has 1 aliphatic rings. The molecule has 0 N–H and O–H groups in total. The Labute approximate surface area is 231 Å². The fourth-order valence-corrected chi connectivity index (χ4v) is 4.85. The number of nitriles is 1. The number of terminal acetylenes is 1. The molecule has 198 valence electrons. The van der Waals surface area contributed by atoms with Crippen LogP contribution in [0, 0.1) is 30.6 Å². The zero-order valence-corrected chi connectivity index (χ0v) is 22.4. The minimum Gasteiger partial charge on any atom is -0.493 e. The molecule has 1 unspecified atom stereocenters. The van der Waals surface area contributed by atoms with Crippen LogP contribution in [0.1, 0.15) is 47.1 Å². The Morgan fingerprint density at radius 3 is 2.72 bits per heavy atom. The van der Waals surface area contributed by atoms with Crippen LogP contribution in [0.2, 0.25) is 0 Å². The van der Waals surface area contributed by atoms with Crippen LogP contribution in [0.5, 0.6) is 5.75 Å². The smallest absolute Gasteiger partial charge is 0.139 e. The molecule has 3 aromatic rings. The minimum atomic E-state index is -0.299. The molecule has 39 heavy (non-hydrogen) atoms. The van der Waals surface area contributed by atoms with Crippen molar-refractivity contribution >= 4 is 18.4 Å². The lowest BCUT2D eigenvalue weighted by Gasteiger charge is -2.33. The van der Waals surface area contributed by atoms with Crippen molar-refractivity contribution in [3.63, 3.8) is 0 Å². The van der Waals surface area contributed by atoms with Crippen molar-refractivity contribution in [1.29, 1.82) is 5.26 Å². The van der Waals surface area contributed by atoms with Gasteiger partial charge < -0.3 is 14.3 Å². The normalized spacial score (nSPS) is 15.5. The van der Waals surface area contributed by atoms with Gasteiger partial charge in [-0.1, -0.05) is 66.7 Å². The largest absolute Gasteiger partial charge is 0.493 e. The number of morpholine rings is 1. The van der Waals surface area contributed by atoms with E-state index in [2.05, 4.69) is 36.0 Å². The van der Waals surface area contributed by atoms with Gasteiger partial charge in [-0.05, 0) is 48.1 Å². The number of ether oxygens (including phenoxy) is 2. The maximum Gasteiger partial charge on any atom is 0.139 e. The second kappa shape index (κ2) is 14.1. The third-order valence-electron chi connectivity index (χ3n) is 7.03. The summed E-state index contributed by atoms with van der Waals surface area (Å²) in [6.45, 7) is 4.84. The van der Waals surface area contributed by atoms with Crippen molar-refractivity contribution in [1.82, 2.24) is 4.90 Å². The lowest BCUT2D eigenvalue weighted by molar-refractivity contribution is -0.118. The van der Waals surface area contributed by atoms with Crippen LogP contribution in [0.3, 0.4) is 0 Å². The third-order valence-corrected chi connectivity index (χ3v) is 7.03. The minimum absolute atomic E-state index is 0.299. The second-order valence-corrected chi connectivity index (χ2v) is 9.61. The van der Waals surface area contributed by atoms with Gasteiger partial charge in [-0.2, -0.15) is 5.26 Å². The van der Waals surface area contributed by atoms with Crippen LogP contribution in [-0.2, 0) is 16.1 Å². The van der Waals surface area contributed by atoms with E-state index in [4.69, 9.17) is 15.9 Å². The van der Waals surface area contributed by atoms with Crippen molar-refractivity contribution in [3.05, 3.63) is 88.5 Å². The SMILES string of the molecule is C#CCCCCOc1ccc(C)c(/C=C/c2cccc(-c3ccccc3)c2C#N)c1CN1CCOCC1C=O. The van der Waals surface area contributed by atoms with Gasteiger partial charge in [0.25, 0.3) is 0 Å². The number of hydrogen-bond donors (Lipinski definition) is 0. The van der Waals surface area contributed by atoms with Gasteiger partial charge in [0.05, 0.1) is 31.4 Å². The Balaban J connectivity index is 1.71. The topological polar surface area (TPSA) is 62.6 Å². The monoisotopic (exact) mass is 518 g/mol. The quantitative estimate of drug-likeness (QED) is 0.129. The van der Waals surface area contributed by atoms with E-state index in [9.17, 15) is 10.1 Å². The average molecular weight is 519 g/mol. The molecular weight excluding hydrogens is 484 g/mol. The van der Waals surface area contributed by atoms with Gasteiger partial charge in [0, 0.05) is 30.6 Å².